The predicted molar refractivity (Wildman–Crippen MR) is 105 cm³/mol. The van der Waals surface area contributed by atoms with E-state index in [1.165, 1.54) is 12.1 Å². The van der Waals surface area contributed by atoms with E-state index in [9.17, 15) is 23.1 Å². The third-order valence-corrected chi connectivity index (χ3v) is 4.72. The molecule has 6 heteroatoms. The van der Waals surface area contributed by atoms with Crippen molar-refractivity contribution in [2.24, 2.45) is 0 Å². The summed E-state index contributed by atoms with van der Waals surface area (Å²) in [5.41, 5.74) is -1.06. The molecule has 1 atom stereocenters. The molecule has 0 aliphatic carbocycles. The number of carbonyl (C=O) groups is 1. The molecule has 3 rings (SSSR count). The molecule has 1 unspecified atom stereocenters. The van der Waals surface area contributed by atoms with E-state index in [0.29, 0.717) is 11.1 Å². The van der Waals surface area contributed by atoms with Gasteiger partial charge in [-0.1, -0.05) is 84.4 Å². The maximum Gasteiger partial charge on any atom is 0.430 e. The molecule has 3 aromatic carbocycles. The summed E-state index contributed by atoms with van der Waals surface area (Å²) in [5, 5.41) is 12.6. The second-order valence-electron chi connectivity index (χ2n) is 6.82. The Morgan fingerprint density at radius 3 is 1.97 bits per heavy atom. The standard InChI is InChI=1S/C23H20F3NO2/c1-16-7-9-17(10-8-16)15-27-21(28)22(29,23(24,25)26)20-13-11-19(12-14-20)18-5-3-2-4-6-18/h2-14,29H,15H2,1H3,(H,27,28). The Kier molecular flexibility index (Phi) is 5.75. The van der Waals surface area contributed by atoms with Crippen LogP contribution in [0.1, 0.15) is 16.7 Å². The highest BCUT2D eigenvalue weighted by atomic mass is 19.4. The second-order valence-corrected chi connectivity index (χ2v) is 6.82. The van der Waals surface area contributed by atoms with Gasteiger partial charge in [0.05, 0.1) is 0 Å². The summed E-state index contributed by atoms with van der Waals surface area (Å²) in [6.45, 7) is 1.75. The minimum Gasteiger partial charge on any atom is -0.369 e. The van der Waals surface area contributed by atoms with Gasteiger partial charge in [0.2, 0.25) is 0 Å². The zero-order valence-electron chi connectivity index (χ0n) is 15.7. The summed E-state index contributed by atoms with van der Waals surface area (Å²) in [7, 11) is 0. The zero-order valence-corrected chi connectivity index (χ0v) is 15.7. The average molecular weight is 399 g/mol. The molecular weight excluding hydrogens is 379 g/mol. The Bertz CT molecular complexity index is 968. The molecule has 0 aliphatic heterocycles. The normalized spacial score (nSPS) is 13.6. The van der Waals surface area contributed by atoms with Crippen molar-refractivity contribution >= 4 is 5.91 Å². The van der Waals surface area contributed by atoms with Crippen LogP contribution in [0.15, 0.2) is 78.9 Å². The Balaban J connectivity index is 1.86. The number of rotatable bonds is 5. The lowest BCUT2D eigenvalue weighted by Crippen LogP contribution is -2.54. The van der Waals surface area contributed by atoms with Crippen LogP contribution in [-0.2, 0) is 16.9 Å². The molecule has 0 saturated heterocycles. The number of benzene rings is 3. The van der Waals surface area contributed by atoms with Crippen molar-refractivity contribution in [1.82, 2.24) is 5.32 Å². The quantitative estimate of drug-likeness (QED) is 0.652. The number of hydrogen-bond donors (Lipinski definition) is 2. The monoisotopic (exact) mass is 399 g/mol. The van der Waals surface area contributed by atoms with Crippen LogP contribution >= 0.6 is 0 Å². The Morgan fingerprint density at radius 1 is 0.862 bits per heavy atom. The number of amides is 1. The minimum atomic E-state index is -5.18. The van der Waals surface area contributed by atoms with Crippen LogP contribution in [0, 0.1) is 6.92 Å². The van der Waals surface area contributed by atoms with Crippen molar-refractivity contribution in [2.75, 3.05) is 0 Å². The van der Waals surface area contributed by atoms with E-state index in [-0.39, 0.29) is 6.54 Å². The highest BCUT2D eigenvalue weighted by Crippen LogP contribution is 2.40. The maximum absolute atomic E-state index is 13.7. The van der Waals surface area contributed by atoms with Crippen molar-refractivity contribution in [3.05, 3.63) is 95.6 Å². The van der Waals surface area contributed by atoms with E-state index in [1.54, 1.807) is 24.3 Å². The van der Waals surface area contributed by atoms with E-state index in [0.717, 1.165) is 23.3 Å². The Morgan fingerprint density at radius 2 is 1.41 bits per heavy atom. The van der Waals surface area contributed by atoms with Gasteiger partial charge >= 0.3 is 6.18 Å². The Hall–Kier alpha value is -3.12. The molecule has 0 aliphatic rings. The molecular formula is C23H20F3NO2. The van der Waals surface area contributed by atoms with Crippen molar-refractivity contribution in [2.45, 2.75) is 25.2 Å². The molecule has 0 spiro atoms. The number of halogens is 3. The highest BCUT2D eigenvalue weighted by molar-refractivity contribution is 5.87. The average Bonchev–Trinajstić information content (AvgIpc) is 2.72. The number of aryl methyl sites for hydroxylation is 1. The first-order chi connectivity index (χ1) is 13.7. The third-order valence-electron chi connectivity index (χ3n) is 4.72. The lowest BCUT2D eigenvalue weighted by molar-refractivity contribution is -0.257. The summed E-state index contributed by atoms with van der Waals surface area (Å²) >= 11 is 0. The Labute approximate surface area is 166 Å². The lowest BCUT2D eigenvalue weighted by atomic mass is 9.90. The van der Waals surface area contributed by atoms with Gasteiger partial charge in [0.15, 0.2) is 0 Å². The van der Waals surface area contributed by atoms with Crippen LogP contribution in [0.4, 0.5) is 13.2 Å². The summed E-state index contributed by atoms with van der Waals surface area (Å²) in [6, 6.07) is 21.2. The number of alkyl halides is 3. The van der Waals surface area contributed by atoms with Gasteiger partial charge in [0.25, 0.3) is 11.5 Å². The summed E-state index contributed by atoms with van der Waals surface area (Å²) < 4.78 is 41.2. The van der Waals surface area contributed by atoms with Crippen LogP contribution in [0.5, 0.6) is 0 Å². The van der Waals surface area contributed by atoms with Gasteiger partial charge in [-0.05, 0) is 23.6 Å². The molecule has 0 bridgehead atoms. The number of nitrogens with one attached hydrogen (secondary N) is 1. The highest BCUT2D eigenvalue weighted by Gasteiger charge is 2.60. The van der Waals surface area contributed by atoms with Crippen LogP contribution in [-0.4, -0.2) is 17.2 Å². The third kappa shape index (κ3) is 4.32. The molecule has 1 amide bonds. The first kappa shape index (κ1) is 20.6. The summed E-state index contributed by atoms with van der Waals surface area (Å²) in [4.78, 5) is 12.4. The summed E-state index contributed by atoms with van der Waals surface area (Å²) in [5.74, 6) is -1.52. The van der Waals surface area contributed by atoms with Crippen molar-refractivity contribution in [3.8, 4) is 11.1 Å². The lowest BCUT2D eigenvalue weighted by Gasteiger charge is -2.29. The van der Waals surface area contributed by atoms with Gasteiger partial charge in [0.1, 0.15) is 0 Å². The first-order valence-electron chi connectivity index (χ1n) is 9.01. The fraction of sp³-hybridized carbons (Fsp3) is 0.174. The predicted octanol–water partition coefficient (Wildman–Crippen LogP) is 4.73. The number of carbonyl (C=O) groups excluding carboxylic acids is 1. The van der Waals surface area contributed by atoms with E-state index in [1.807, 2.05) is 37.3 Å². The van der Waals surface area contributed by atoms with Gasteiger partial charge in [-0.2, -0.15) is 13.2 Å². The smallest absolute Gasteiger partial charge is 0.369 e. The number of hydrogen-bond acceptors (Lipinski definition) is 2. The summed E-state index contributed by atoms with van der Waals surface area (Å²) in [6.07, 6.45) is -5.18. The first-order valence-corrected chi connectivity index (χ1v) is 9.01. The number of aliphatic hydroxyl groups is 1. The van der Waals surface area contributed by atoms with Crippen molar-refractivity contribution in [1.29, 1.82) is 0 Å². The zero-order chi connectivity index (χ0) is 21.1. The van der Waals surface area contributed by atoms with Crippen LogP contribution in [0.3, 0.4) is 0 Å². The minimum absolute atomic E-state index is 0.125. The van der Waals surface area contributed by atoms with Crippen LogP contribution in [0.2, 0.25) is 0 Å². The molecule has 3 nitrogen and oxygen atoms in total. The molecule has 0 aromatic heterocycles. The van der Waals surface area contributed by atoms with Gasteiger partial charge in [-0.3, -0.25) is 4.79 Å². The fourth-order valence-electron chi connectivity index (χ4n) is 2.97. The topological polar surface area (TPSA) is 49.3 Å². The van der Waals surface area contributed by atoms with Gasteiger partial charge in [-0.25, -0.2) is 0 Å². The van der Waals surface area contributed by atoms with Crippen LogP contribution in [0.25, 0.3) is 11.1 Å². The molecule has 0 fully saturated rings. The largest absolute Gasteiger partial charge is 0.430 e. The fourth-order valence-corrected chi connectivity index (χ4v) is 2.97. The van der Waals surface area contributed by atoms with E-state index < -0.39 is 23.2 Å². The second kappa shape index (κ2) is 8.09. The maximum atomic E-state index is 13.7. The van der Waals surface area contributed by atoms with Crippen molar-refractivity contribution < 1.29 is 23.1 Å². The molecule has 0 radical (unpaired) electrons. The van der Waals surface area contributed by atoms with E-state index in [2.05, 4.69) is 5.32 Å². The van der Waals surface area contributed by atoms with Gasteiger partial charge in [-0.15, -0.1) is 0 Å². The van der Waals surface area contributed by atoms with E-state index in [4.69, 9.17) is 0 Å². The molecule has 3 aromatic rings. The molecule has 0 heterocycles. The molecule has 2 N–H and O–H groups in total. The molecule has 0 saturated carbocycles. The van der Waals surface area contributed by atoms with Gasteiger partial charge in [0, 0.05) is 12.1 Å². The van der Waals surface area contributed by atoms with Crippen LogP contribution < -0.4 is 5.32 Å². The van der Waals surface area contributed by atoms with E-state index >= 15 is 0 Å². The van der Waals surface area contributed by atoms with Gasteiger partial charge < -0.3 is 10.4 Å². The SMILES string of the molecule is Cc1ccc(CNC(=O)C(O)(c2ccc(-c3ccccc3)cc2)C(F)(F)F)cc1. The molecule has 150 valence electrons. The van der Waals surface area contributed by atoms with Crippen molar-refractivity contribution in [3.63, 3.8) is 0 Å². The molecule has 29 heavy (non-hydrogen) atoms.